The van der Waals surface area contributed by atoms with E-state index in [1.54, 1.807) is 11.3 Å². The van der Waals surface area contributed by atoms with Crippen LogP contribution >= 0.6 is 11.3 Å². The van der Waals surface area contributed by atoms with Crippen LogP contribution in [0.4, 0.5) is 5.13 Å². The van der Waals surface area contributed by atoms with E-state index in [4.69, 9.17) is 14.5 Å². The highest BCUT2D eigenvalue weighted by Crippen LogP contribution is 2.31. The lowest BCUT2D eigenvalue weighted by Gasteiger charge is -2.26. The summed E-state index contributed by atoms with van der Waals surface area (Å²) in [5, 5.41) is 0.791. The van der Waals surface area contributed by atoms with Crippen molar-refractivity contribution in [1.82, 2.24) is 4.98 Å². The normalized spacial score (nSPS) is 15.3. The molecule has 1 aromatic carbocycles. The van der Waals surface area contributed by atoms with Crippen molar-refractivity contribution in [2.45, 2.75) is 26.7 Å². The van der Waals surface area contributed by atoms with E-state index >= 15 is 0 Å². The lowest BCUT2D eigenvalue weighted by Crippen LogP contribution is -3.14. The smallest absolute Gasteiger partial charge is 0.228 e. The largest absolute Gasteiger partial charge is 0.494 e. The van der Waals surface area contributed by atoms with Gasteiger partial charge in [0.15, 0.2) is 5.13 Å². The highest BCUT2D eigenvalue weighted by Gasteiger charge is 2.22. The Bertz CT molecular complexity index is 728. The minimum absolute atomic E-state index is 0.157. The quantitative estimate of drug-likeness (QED) is 0.760. The number of hydrogen-bond donors (Lipinski definition) is 1. The molecule has 0 unspecified atom stereocenters. The minimum atomic E-state index is 0.157. The average Bonchev–Trinajstić information content (AvgIpc) is 3.06. The number of hydrogen-bond acceptors (Lipinski definition) is 5. The second kappa shape index (κ2) is 9.30. The number of nitrogens with zero attached hydrogens (tertiary/aromatic N) is 2. The van der Waals surface area contributed by atoms with Crippen LogP contribution in [0.1, 0.15) is 26.7 Å². The molecule has 7 heteroatoms. The number of aromatic nitrogens is 1. The second-order valence-corrected chi connectivity index (χ2v) is 7.48. The lowest BCUT2D eigenvalue weighted by atomic mass is 10.3. The maximum atomic E-state index is 12.7. The van der Waals surface area contributed by atoms with E-state index in [0.717, 1.165) is 60.4 Å². The average molecular weight is 379 g/mol. The van der Waals surface area contributed by atoms with Gasteiger partial charge in [-0.05, 0) is 31.5 Å². The number of nitrogens with one attached hydrogen (secondary N) is 1. The summed E-state index contributed by atoms with van der Waals surface area (Å²) in [6.07, 6.45) is 1.40. The van der Waals surface area contributed by atoms with Crippen LogP contribution < -0.4 is 14.5 Å². The molecule has 1 aliphatic rings. The van der Waals surface area contributed by atoms with Crippen LogP contribution in [0.25, 0.3) is 10.2 Å². The molecule has 2 heterocycles. The van der Waals surface area contributed by atoms with E-state index in [0.29, 0.717) is 19.6 Å². The molecule has 2 aromatic rings. The first kappa shape index (κ1) is 19.1. The second-order valence-electron chi connectivity index (χ2n) is 6.47. The van der Waals surface area contributed by atoms with Crippen LogP contribution in [0.2, 0.25) is 0 Å². The van der Waals surface area contributed by atoms with Crippen molar-refractivity contribution >= 4 is 32.6 Å². The molecule has 26 heavy (non-hydrogen) atoms. The number of benzene rings is 1. The number of amides is 1. The summed E-state index contributed by atoms with van der Waals surface area (Å²) in [7, 11) is 0. The van der Waals surface area contributed by atoms with Gasteiger partial charge in [0.05, 0.1) is 43.1 Å². The van der Waals surface area contributed by atoms with Crippen molar-refractivity contribution in [3.63, 3.8) is 0 Å². The maximum absolute atomic E-state index is 12.7. The summed E-state index contributed by atoms with van der Waals surface area (Å²) in [6, 6.07) is 5.91. The van der Waals surface area contributed by atoms with Crippen LogP contribution in [0.5, 0.6) is 5.75 Å². The molecule has 1 fully saturated rings. The number of rotatable bonds is 8. The number of morpholine rings is 1. The fourth-order valence-corrected chi connectivity index (χ4v) is 4.16. The summed E-state index contributed by atoms with van der Waals surface area (Å²) in [6.45, 7) is 9.91. The number of ether oxygens (including phenoxy) is 2. The van der Waals surface area contributed by atoms with Crippen LogP contribution in [0.3, 0.4) is 0 Å². The maximum Gasteiger partial charge on any atom is 0.228 e. The molecular weight excluding hydrogens is 350 g/mol. The van der Waals surface area contributed by atoms with Crippen molar-refractivity contribution in [3.05, 3.63) is 18.2 Å². The van der Waals surface area contributed by atoms with Crippen molar-refractivity contribution in [2.24, 2.45) is 0 Å². The van der Waals surface area contributed by atoms with E-state index in [-0.39, 0.29) is 5.91 Å². The van der Waals surface area contributed by atoms with Crippen LogP contribution in [-0.4, -0.2) is 56.9 Å². The van der Waals surface area contributed by atoms with Gasteiger partial charge in [-0.1, -0.05) is 18.3 Å². The third kappa shape index (κ3) is 4.72. The first-order valence-corrected chi connectivity index (χ1v) is 10.3. The molecule has 1 saturated heterocycles. The lowest BCUT2D eigenvalue weighted by molar-refractivity contribution is -0.906. The van der Waals surface area contributed by atoms with Crippen molar-refractivity contribution in [2.75, 3.05) is 50.9 Å². The van der Waals surface area contributed by atoms with E-state index in [1.165, 1.54) is 4.90 Å². The zero-order chi connectivity index (χ0) is 18.4. The Kier molecular flexibility index (Phi) is 6.82. The number of fused-ring (bicyclic) bond motifs is 1. The van der Waals surface area contributed by atoms with Gasteiger partial charge in [-0.15, -0.1) is 0 Å². The Labute approximate surface area is 158 Å². The van der Waals surface area contributed by atoms with Gasteiger partial charge in [0.1, 0.15) is 18.8 Å². The summed E-state index contributed by atoms with van der Waals surface area (Å²) in [5.41, 5.74) is 0.918. The third-order valence-electron chi connectivity index (χ3n) is 4.54. The number of carbonyl (C=O) groups is 1. The summed E-state index contributed by atoms with van der Waals surface area (Å²) < 4.78 is 12.1. The Morgan fingerprint density at radius 2 is 2.15 bits per heavy atom. The molecule has 1 aromatic heterocycles. The SMILES string of the molecule is CCCC(=O)N(CC[NH+]1CCOCC1)c1nc2ccc(OCC)cc2s1. The van der Waals surface area contributed by atoms with Gasteiger partial charge >= 0.3 is 0 Å². The van der Waals surface area contributed by atoms with E-state index in [9.17, 15) is 4.79 Å². The Hall–Kier alpha value is -1.70. The topological polar surface area (TPSA) is 56.1 Å². The predicted octanol–water partition coefficient (Wildman–Crippen LogP) is 1.74. The number of thiazole rings is 1. The molecule has 3 rings (SSSR count). The summed E-state index contributed by atoms with van der Waals surface area (Å²) in [5.74, 6) is 1.00. The van der Waals surface area contributed by atoms with Crippen LogP contribution in [0, 0.1) is 0 Å². The zero-order valence-electron chi connectivity index (χ0n) is 15.6. The standard InChI is InChI=1S/C19H27N3O3S/c1-3-5-18(23)22(9-8-21-10-12-24-13-11-21)19-20-16-7-6-15(25-4-2)14-17(16)26-19/h6-7,14H,3-5,8-13H2,1-2H3/p+1. The summed E-state index contributed by atoms with van der Waals surface area (Å²) in [4.78, 5) is 20.8. The van der Waals surface area contributed by atoms with Gasteiger partial charge in [-0.3, -0.25) is 9.69 Å². The van der Waals surface area contributed by atoms with Gasteiger partial charge in [-0.25, -0.2) is 4.98 Å². The monoisotopic (exact) mass is 378 g/mol. The fourth-order valence-electron chi connectivity index (χ4n) is 3.12. The first-order valence-electron chi connectivity index (χ1n) is 9.46. The number of anilines is 1. The van der Waals surface area contributed by atoms with Gasteiger partial charge in [-0.2, -0.15) is 0 Å². The van der Waals surface area contributed by atoms with Crippen molar-refractivity contribution < 1.29 is 19.2 Å². The highest BCUT2D eigenvalue weighted by atomic mass is 32.1. The molecule has 1 aliphatic heterocycles. The van der Waals surface area contributed by atoms with Gasteiger partial charge in [0, 0.05) is 6.42 Å². The van der Waals surface area contributed by atoms with Crippen LogP contribution in [-0.2, 0) is 9.53 Å². The predicted molar refractivity (Wildman–Crippen MR) is 104 cm³/mol. The van der Waals surface area contributed by atoms with E-state index in [1.807, 2.05) is 36.9 Å². The molecule has 6 nitrogen and oxygen atoms in total. The minimum Gasteiger partial charge on any atom is -0.494 e. The Morgan fingerprint density at radius 3 is 2.88 bits per heavy atom. The molecular formula is C19H28N3O3S+. The van der Waals surface area contributed by atoms with E-state index in [2.05, 4.69) is 0 Å². The summed E-state index contributed by atoms with van der Waals surface area (Å²) >= 11 is 1.57. The molecule has 0 spiro atoms. The fraction of sp³-hybridized carbons (Fsp3) is 0.579. The zero-order valence-corrected chi connectivity index (χ0v) is 16.4. The molecule has 0 atom stereocenters. The number of carbonyl (C=O) groups excluding carboxylic acids is 1. The molecule has 0 saturated carbocycles. The molecule has 0 bridgehead atoms. The molecule has 0 aliphatic carbocycles. The van der Waals surface area contributed by atoms with Crippen molar-refractivity contribution in [1.29, 1.82) is 0 Å². The third-order valence-corrected chi connectivity index (χ3v) is 5.59. The van der Waals surface area contributed by atoms with Gasteiger partial charge in [0.25, 0.3) is 0 Å². The first-order chi connectivity index (χ1) is 12.7. The molecule has 0 radical (unpaired) electrons. The van der Waals surface area contributed by atoms with Gasteiger partial charge < -0.3 is 14.4 Å². The molecule has 1 amide bonds. The van der Waals surface area contributed by atoms with Gasteiger partial charge in [0.2, 0.25) is 5.91 Å². The van der Waals surface area contributed by atoms with E-state index < -0.39 is 0 Å². The van der Waals surface area contributed by atoms with Crippen LogP contribution in [0.15, 0.2) is 18.2 Å². The number of quaternary nitrogens is 1. The molecule has 142 valence electrons. The Morgan fingerprint density at radius 1 is 1.35 bits per heavy atom. The molecule has 1 N–H and O–H groups in total. The highest BCUT2D eigenvalue weighted by molar-refractivity contribution is 7.22. The van der Waals surface area contributed by atoms with Crippen molar-refractivity contribution in [3.8, 4) is 5.75 Å². The Balaban J connectivity index is 1.78.